The molecule has 1 heterocycles. The summed E-state index contributed by atoms with van der Waals surface area (Å²) in [4.78, 5) is 2.56. The summed E-state index contributed by atoms with van der Waals surface area (Å²) in [6.07, 6.45) is 0.705. The van der Waals surface area contributed by atoms with Gasteiger partial charge in [0.25, 0.3) is 0 Å². The van der Waals surface area contributed by atoms with Crippen LogP contribution in [0.3, 0.4) is 0 Å². The van der Waals surface area contributed by atoms with Gasteiger partial charge in [-0.05, 0) is 39.3 Å². The van der Waals surface area contributed by atoms with E-state index in [1.54, 1.807) is 11.3 Å². The Morgan fingerprint density at radius 2 is 1.93 bits per heavy atom. The molecule has 0 bridgehead atoms. The van der Waals surface area contributed by atoms with Gasteiger partial charge in [0.1, 0.15) is 0 Å². The van der Waals surface area contributed by atoms with Gasteiger partial charge in [0.2, 0.25) is 0 Å². The Labute approximate surface area is 96.1 Å². The summed E-state index contributed by atoms with van der Waals surface area (Å²) in [7, 11) is 0. The average Bonchev–Trinajstić information content (AvgIpc) is 2.50. The molecule has 0 saturated heterocycles. The van der Waals surface area contributed by atoms with Crippen LogP contribution in [-0.4, -0.2) is 17.3 Å². The van der Waals surface area contributed by atoms with Crippen LogP contribution in [0.25, 0.3) is 0 Å². The van der Waals surface area contributed by atoms with Gasteiger partial charge >= 0.3 is 0 Å². The number of rotatable bonds is 4. The molecule has 1 aromatic heterocycles. The average molecular weight is 227 g/mol. The van der Waals surface area contributed by atoms with E-state index >= 15 is 0 Å². The van der Waals surface area contributed by atoms with Crippen molar-refractivity contribution in [2.45, 2.75) is 45.1 Å². The lowest BCUT2D eigenvalue weighted by Gasteiger charge is -2.41. The van der Waals surface area contributed by atoms with Crippen LogP contribution in [0.5, 0.6) is 0 Å². The summed E-state index contributed by atoms with van der Waals surface area (Å²) in [5, 5.41) is 9.18. The van der Waals surface area contributed by atoms with E-state index in [9.17, 15) is 5.11 Å². The Morgan fingerprint density at radius 3 is 2.27 bits per heavy atom. The fraction of sp³-hybridized carbons (Fsp3) is 0.667. The number of nitrogens with two attached hydrogens (primary N) is 1. The first-order chi connectivity index (χ1) is 6.81. The van der Waals surface area contributed by atoms with Crippen LogP contribution in [0.2, 0.25) is 0 Å². The Balaban J connectivity index is 3.12. The number of thiophene rings is 1. The highest BCUT2D eigenvalue weighted by atomic mass is 32.1. The molecule has 1 aromatic rings. The van der Waals surface area contributed by atoms with Gasteiger partial charge in [-0.25, -0.2) is 0 Å². The molecule has 3 heteroatoms. The van der Waals surface area contributed by atoms with Gasteiger partial charge in [-0.2, -0.15) is 0 Å². The van der Waals surface area contributed by atoms with E-state index in [2.05, 4.69) is 26.0 Å². The van der Waals surface area contributed by atoms with Crippen molar-refractivity contribution in [1.29, 1.82) is 0 Å². The van der Waals surface area contributed by atoms with Gasteiger partial charge < -0.3 is 10.8 Å². The fourth-order valence-electron chi connectivity index (χ4n) is 1.72. The van der Waals surface area contributed by atoms with E-state index in [0.717, 1.165) is 0 Å². The highest BCUT2D eigenvalue weighted by Gasteiger charge is 2.40. The lowest BCUT2D eigenvalue weighted by Crippen LogP contribution is -2.52. The molecule has 0 radical (unpaired) electrons. The molecule has 1 rings (SSSR count). The maximum absolute atomic E-state index is 9.18. The predicted octanol–water partition coefficient (Wildman–Crippen LogP) is 2.43. The first kappa shape index (κ1) is 12.7. The number of hydrogen-bond acceptors (Lipinski definition) is 3. The molecular formula is C12H21NOS. The molecule has 0 aliphatic carbocycles. The van der Waals surface area contributed by atoms with Gasteiger partial charge in [-0.1, -0.05) is 6.92 Å². The number of aliphatic hydroxyl groups excluding tert-OH is 1. The minimum atomic E-state index is -0.326. The first-order valence-corrected chi connectivity index (χ1v) is 6.09. The molecule has 86 valence electrons. The second-order valence-corrected chi connectivity index (χ2v) is 6.23. The second kappa shape index (κ2) is 4.24. The van der Waals surface area contributed by atoms with Crippen molar-refractivity contribution in [2.24, 2.45) is 5.73 Å². The Hall–Kier alpha value is -0.380. The van der Waals surface area contributed by atoms with Crippen molar-refractivity contribution in [2.75, 3.05) is 6.61 Å². The molecule has 1 atom stereocenters. The lowest BCUT2D eigenvalue weighted by atomic mass is 9.70. The van der Waals surface area contributed by atoms with Crippen LogP contribution in [-0.2, 0) is 5.41 Å². The molecule has 15 heavy (non-hydrogen) atoms. The third-order valence-electron chi connectivity index (χ3n) is 3.32. The topological polar surface area (TPSA) is 46.2 Å². The highest BCUT2D eigenvalue weighted by Crippen LogP contribution is 2.40. The van der Waals surface area contributed by atoms with Crippen molar-refractivity contribution in [3.05, 3.63) is 21.9 Å². The third-order valence-corrected chi connectivity index (χ3v) is 4.58. The molecule has 2 nitrogen and oxygen atoms in total. The minimum Gasteiger partial charge on any atom is -0.396 e. The maximum atomic E-state index is 9.18. The molecule has 0 aliphatic rings. The molecule has 1 unspecified atom stereocenters. The van der Waals surface area contributed by atoms with Crippen LogP contribution in [0, 0.1) is 6.92 Å². The molecular weight excluding hydrogens is 206 g/mol. The maximum Gasteiger partial charge on any atom is 0.0440 e. The van der Waals surface area contributed by atoms with E-state index < -0.39 is 0 Å². The quantitative estimate of drug-likeness (QED) is 0.830. The first-order valence-electron chi connectivity index (χ1n) is 5.28. The van der Waals surface area contributed by atoms with Gasteiger partial charge in [0.05, 0.1) is 0 Å². The summed E-state index contributed by atoms with van der Waals surface area (Å²) < 4.78 is 0. The highest BCUT2D eigenvalue weighted by molar-refractivity contribution is 7.12. The Kier molecular flexibility index (Phi) is 3.59. The molecule has 0 amide bonds. The van der Waals surface area contributed by atoms with Crippen LogP contribution in [0.15, 0.2) is 12.1 Å². The zero-order valence-electron chi connectivity index (χ0n) is 10.0. The second-order valence-electron chi connectivity index (χ2n) is 4.94. The number of aliphatic hydroxyl groups is 1. The SMILES string of the molecule is Cc1ccc(C(C)(CCO)C(C)(C)N)s1. The van der Waals surface area contributed by atoms with Gasteiger partial charge in [0.15, 0.2) is 0 Å². The van der Waals surface area contributed by atoms with Gasteiger partial charge in [-0.15, -0.1) is 11.3 Å². The van der Waals surface area contributed by atoms with Crippen molar-refractivity contribution >= 4 is 11.3 Å². The minimum absolute atomic E-state index is 0.152. The number of aryl methyl sites for hydroxylation is 1. The molecule has 0 aromatic carbocycles. The molecule has 0 spiro atoms. The summed E-state index contributed by atoms with van der Waals surface area (Å²) >= 11 is 1.77. The molecule has 3 N–H and O–H groups in total. The van der Waals surface area contributed by atoms with Crippen molar-refractivity contribution < 1.29 is 5.11 Å². The van der Waals surface area contributed by atoms with Crippen LogP contribution < -0.4 is 5.73 Å². The van der Waals surface area contributed by atoms with Crippen LogP contribution in [0.1, 0.15) is 36.9 Å². The van der Waals surface area contributed by atoms with Crippen molar-refractivity contribution in [1.82, 2.24) is 0 Å². The Morgan fingerprint density at radius 1 is 1.33 bits per heavy atom. The van der Waals surface area contributed by atoms with E-state index in [4.69, 9.17) is 5.73 Å². The van der Waals surface area contributed by atoms with E-state index in [0.29, 0.717) is 6.42 Å². The standard InChI is InChI=1S/C12H21NOS/c1-9-5-6-10(15-9)12(4,7-8-14)11(2,3)13/h5-6,14H,7-8,13H2,1-4H3. The van der Waals surface area contributed by atoms with E-state index in [1.165, 1.54) is 9.75 Å². The zero-order valence-corrected chi connectivity index (χ0v) is 10.8. The third kappa shape index (κ3) is 2.41. The normalized spacial score (nSPS) is 16.4. The fourth-order valence-corrected chi connectivity index (χ4v) is 2.93. The molecule has 0 fully saturated rings. The largest absolute Gasteiger partial charge is 0.396 e. The van der Waals surface area contributed by atoms with E-state index in [1.807, 2.05) is 13.8 Å². The summed E-state index contributed by atoms with van der Waals surface area (Å²) in [5.74, 6) is 0. The lowest BCUT2D eigenvalue weighted by molar-refractivity contribution is 0.193. The zero-order chi connectivity index (χ0) is 11.7. The molecule has 0 saturated carbocycles. The molecule has 0 aliphatic heterocycles. The van der Waals surface area contributed by atoms with Gasteiger partial charge in [0, 0.05) is 27.3 Å². The Bertz CT molecular complexity index is 327. The monoisotopic (exact) mass is 227 g/mol. The number of hydrogen-bond donors (Lipinski definition) is 2. The van der Waals surface area contributed by atoms with Crippen LogP contribution >= 0.6 is 11.3 Å². The van der Waals surface area contributed by atoms with Crippen LogP contribution in [0.4, 0.5) is 0 Å². The predicted molar refractivity (Wildman–Crippen MR) is 66.4 cm³/mol. The van der Waals surface area contributed by atoms with Gasteiger partial charge in [-0.3, -0.25) is 0 Å². The van der Waals surface area contributed by atoms with E-state index in [-0.39, 0.29) is 17.6 Å². The van der Waals surface area contributed by atoms with Crippen molar-refractivity contribution in [3.63, 3.8) is 0 Å². The summed E-state index contributed by atoms with van der Waals surface area (Å²) in [6.45, 7) is 8.45. The summed E-state index contributed by atoms with van der Waals surface area (Å²) in [5.41, 5.74) is 5.76. The van der Waals surface area contributed by atoms with Crippen molar-refractivity contribution in [3.8, 4) is 0 Å². The smallest absolute Gasteiger partial charge is 0.0440 e. The summed E-state index contributed by atoms with van der Waals surface area (Å²) in [6, 6.07) is 4.24.